The Balaban J connectivity index is 2.10. The van der Waals surface area contributed by atoms with Crippen molar-refractivity contribution in [1.82, 2.24) is 0 Å². The number of carbonyl (C=O) groups is 1. The third-order valence-corrected chi connectivity index (χ3v) is 4.80. The molecule has 1 heterocycles. The van der Waals surface area contributed by atoms with E-state index in [-0.39, 0.29) is 0 Å². The fourth-order valence-corrected chi connectivity index (χ4v) is 3.39. The maximum absolute atomic E-state index is 12.2. The van der Waals surface area contributed by atoms with E-state index in [4.69, 9.17) is 0 Å². The lowest BCUT2D eigenvalue weighted by molar-refractivity contribution is 0.0983. The van der Waals surface area contributed by atoms with Gasteiger partial charge in [0.1, 0.15) is 0 Å². The lowest BCUT2D eigenvalue weighted by Crippen LogP contribution is -1.95. The molecule has 0 fully saturated rings. The lowest BCUT2D eigenvalue weighted by Gasteiger charge is -1.98. The van der Waals surface area contributed by atoms with Crippen LogP contribution < -0.4 is 0 Å². The van der Waals surface area contributed by atoms with Gasteiger partial charge in [-0.2, -0.15) is 0 Å². The maximum Gasteiger partial charge on any atom is 0.172 e. The summed E-state index contributed by atoms with van der Waals surface area (Å²) >= 11 is 1.64. The van der Waals surface area contributed by atoms with E-state index in [2.05, 4.69) is 39.0 Å². The van der Waals surface area contributed by atoms with Crippen molar-refractivity contribution < 1.29 is 4.79 Å². The number of benzene rings is 1. The largest absolute Gasteiger partial charge is 0.293 e. The molecule has 0 aliphatic carbocycles. The van der Waals surface area contributed by atoms with Gasteiger partial charge < -0.3 is 0 Å². The van der Waals surface area contributed by atoms with E-state index >= 15 is 0 Å². The summed E-state index contributed by atoms with van der Waals surface area (Å²) in [5.41, 5.74) is 2.60. The molecule has 2 aromatic rings. The number of Topliss-reactive ketones (excluding diaryl/α,β-unsaturated/α-hetero) is 1. The normalized spacial score (nSPS) is 11.1. The van der Waals surface area contributed by atoms with Crippen molar-refractivity contribution in [2.75, 3.05) is 0 Å². The second kappa shape index (κ2) is 6.33. The molecule has 2 heteroatoms. The van der Waals surface area contributed by atoms with Crippen LogP contribution in [-0.2, 0) is 0 Å². The van der Waals surface area contributed by atoms with Crippen LogP contribution >= 0.6 is 11.3 Å². The van der Waals surface area contributed by atoms with Gasteiger partial charge in [-0.05, 0) is 48.9 Å². The summed E-state index contributed by atoms with van der Waals surface area (Å²) in [5, 5.41) is 1.21. The van der Waals surface area contributed by atoms with Crippen LogP contribution in [0, 0.1) is 13.8 Å². The van der Waals surface area contributed by atoms with Gasteiger partial charge in [0.05, 0.1) is 4.88 Å². The highest BCUT2D eigenvalue weighted by Crippen LogP contribution is 2.29. The average molecular weight is 274 g/mol. The van der Waals surface area contributed by atoms with Crippen molar-refractivity contribution in [2.45, 2.75) is 52.9 Å². The Hall–Kier alpha value is -1.15. The maximum atomic E-state index is 12.2. The van der Waals surface area contributed by atoms with Gasteiger partial charge in [-0.1, -0.05) is 32.3 Å². The molecule has 1 nitrogen and oxygen atoms in total. The zero-order chi connectivity index (χ0) is 13.8. The number of fused-ring (bicyclic) bond motifs is 1. The van der Waals surface area contributed by atoms with Gasteiger partial charge in [0.15, 0.2) is 5.78 Å². The Labute approximate surface area is 119 Å². The third-order valence-electron chi connectivity index (χ3n) is 3.66. The van der Waals surface area contributed by atoms with Crippen molar-refractivity contribution >= 4 is 27.2 Å². The lowest BCUT2D eigenvalue weighted by atomic mass is 10.1. The Morgan fingerprint density at radius 1 is 1.05 bits per heavy atom. The summed E-state index contributed by atoms with van der Waals surface area (Å²) < 4.78 is 1.24. The minimum absolute atomic E-state index is 0.313. The number of hydrogen-bond donors (Lipinski definition) is 0. The highest BCUT2D eigenvalue weighted by atomic mass is 32.1. The first kappa shape index (κ1) is 14.3. The van der Waals surface area contributed by atoms with Gasteiger partial charge in [-0.3, -0.25) is 4.79 Å². The molecule has 0 N–H and O–H groups in total. The summed E-state index contributed by atoms with van der Waals surface area (Å²) in [5.74, 6) is 0.313. The van der Waals surface area contributed by atoms with Crippen molar-refractivity contribution in [3.63, 3.8) is 0 Å². The van der Waals surface area contributed by atoms with Crippen LogP contribution in [0.3, 0.4) is 0 Å². The zero-order valence-electron chi connectivity index (χ0n) is 12.1. The molecular formula is C17H22OS. The summed E-state index contributed by atoms with van der Waals surface area (Å²) in [7, 11) is 0. The molecule has 1 aromatic carbocycles. The Kier molecular flexibility index (Phi) is 4.76. The van der Waals surface area contributed by atoms with Gasteiger partial charge in [-0.15, -0.1) is 11.3 Å². The van der Waals surface area contributed by atoms with Gasteiger partial charge >= 0.3 is 0 Å². The first-order chi connectivity index (χ1) is 9.11. The van der Waals surface area contributed by atoms with Gasteiger partial charge in [0.25, 0.3) is 0 Å². The molecule has 0 saturated heterocycles. The topological polar surface area (TPSA) is 17.1 Å². The monoisotopic (exact) mass is 274 g/mol. The first-order valence-corrected chi connectivity index (χ1v) is 7.97. The predicted octanol–water partition coefficient (Wildman–Crippen LogP) is 5.67. The Morgan fingerprint density at radius 3 is 2.53 bits per heavy atom. The van der Waals surface area contributed by atoms with E-state index in [0.29, 0.717) is 12.2 Å². The summed E-state index contributed by atoms with van der Waals surface area (Å²) in [6.45, 7) is 6.44. The molecule has 19 heavy (non-hydrogen) atoms. The van der Waals surface area contributed by atoms with Crippen LogP contribution in [0.2, 0.25) is 0 Å². The highest BCUT2D eigenvalue weighted by molar-refractivity contribution is 7.20. The predicted molar refractivity (Wildman–Crippen MR) is 84.4 cm³/mol. The molecule has 0 bridgehead atoms. The highest BCUT2D eigenvalue weighted by Gasteiger charge is 2.10. The zero-order valence-corrected chi connectivity index (χ0v) is 12.9. The third kappa shape index (κ3) is 3.44. The quantitative estimate of drug-likeness (QED) is 0.490. The number of aryl methyl sites for hydroxylation is 2. The van der Waals surface area contributed by atoms with E-state index in [9.17, 15) is 4.79 Å². The number of unbranched alkanes of at least 4 members (excludes halogenated alkanes) is 3. The fourth-order valence-electron chi connectivity index (χ4n) is 2.28. The summed E-state index contributed by atoms with van der Waals surface area (Å²) in [4.78, 5) is 13.1. The van der Waals surface area contributed by atoms with Gasteiger partial charge in [0.2, 0.25) is 0 Å². The van der Waals surface area contributed by atoms with E-state index in [1.54, 1.807) is 11.3 Å². The molecule has 0 amide bonds. The molecule has 102 valence electrons. The second-order valence-electron chi connectivity index (χ2n) is 5.32. The summed E-state index contributed by atoms with van der Waals surface area (Å²) in [6, 6.07) is 6.45. The van der Waals surface area contributed by atoms with Crippen LogP contribution in [0.25, 0.3) is 10.1 Å². The molecule has 0 unspecified atom stereocenters. The van der Waals surface area contributed by atoms with Gasteiger partial charge in [-0.25, -0.2) is 0 Å². The average Bonchev–Trinajstić information content (AvgIpc) is 2.78. The second-order valence-corrected chi connectivity index (χ2v) is 6.40. The van der Waals surface area contributed by atoms with Crippen molar-refractivity contribution in [3.05, 3.63) is 34.2 Å². The Bertz CT molecular complexity index is 541. The molecule has 0 atom stereocenters. The number of ketones is 1. The number of rotatable bonds is 6. The van der Waals surface area contributed by atoms with Crippen LogP contribution in [0.1, 0.15) is 59.8 Å². The smallest absolute Gasteiger partial charge is 0.172 e. The number of thiophene rings is 1. The van der Waals surface area contributed by atoms with E-state index in [1.165, 1.54) is 40.5 Å². The van der Waals surface area contributed by atoms with Crippen LogP contribution in [0.4, 0.5) is 0 Å². The molecule has 1 aromatic heterocycles. The number of carbonyl (C=O) groups excluding carboxylic acids is 1. The fraction of sp³-hybridized carbons (Fsp3) is 0.471. The van der Waals surface area contributed by atoms with E-state index < -0.39 is 0 Å². The van der Waals surface area contributed by atoms with Crippen LogP contribution in [-0.4, -0.2) is 5.78 Å². The molecule has 2 rings (SSSR count). The Morgan fingerprint density at radius 2 is 1.79 bits per heavy atom. The molecule has 0 spiro atoms. The first-order valence-electron chi connectivity index (χ1n) is 7.16. The summed E-state index contributed by atoms with van der Waals surface area (Å²) in [6.07, 6.45) is 5.35. The molecular weight excluding hydrogens is 252 g/mol. The van der Waals surface area contributed by atoms with E-state index in [1.807, 2.05) is 0 Å². The van der Waals surface area contributed by atoms with E-state index in [0.717, 1.165) is 11.3 Å². The SMILES string of the molecule is CCCCCCC(=O)c1cc2cc(C)c(C)cc2s1. The van der Waals surface area contributed by atoms with Crippen LogP contribution in [0.5, 0.6) is 0 Å². The number of hydrogen-bond acceptors (Lipinski definition) is 2. The molecule has 0 radical (unpaired) electrons. The molecule has 0 aliphatic heterocycles. The van der Waals surface area contributed by atoms with Crippen LogP contribution in [0.15, 0.2) is 18.2 Å². The van der Waals surface area contributed by atoms with Crippen molar-refractivity contribution in [2.24, 2.45) is 0 Å². The minimum atomic E-state index is 0.313. The standard InChI is InChI=1S/C17H22OS/c1-4-5-6-7-8-15(18)17-11-14-9-12(2)13(3)10-16(14)19-17/h9-11H,4-8H2,1-3H3. The molecule has 0 aliphatic rings. The van der Waals surface area contributed by atoms with Crippen molar-refractivity contribution in [1.29, 1.82) is 0 Å². The minimum Gasteiger partial charge on any atom is -0.293 e. The molecule has 0 saturated carbocycles. The van der Waals surface area contributed by atoms with Crippen molar-refractivity contribution in [3.8, 4) is 0 Å². The van der Waals surface area contributed by atoms with Gasteiger partial charge in [0, 0.05) is 11.1 Å².